The summed E-state index contributed by atoms with van der Waals surface area (Å²) in [7, 11) is 0. The minimum Gasteiger partial charge on any atom is -0.381 e. The first-order chi connectivity index (χ1) is 9.72. The largest absolute Gasteiger partial charge is 0.381 e. The summed E-state index contributed by atoms with van der Waals surface area (Å²) in [5, 5.41) is 2.11. The van der Waals surface area contributed by atoms with E-state index >= 15 is 0 Å². The van der Waals surface area contributed by atoms with E-state index in [1.807, 2.05) is 0 Å². The molecule has 2 aliphatic heterocycles. The van der Waals surface area contributed by atoms with Crippen LogP contribution in [-0.4, -0.2) is 25.4 Å². The van der Waals surface area contributed by atoms with E-state index in [1.165, 1.54) is 4.88 Å². The molecule has 1 aromatic rings. The van der Waals surface area contributed by atoms with Crippen molar-refractivity contribution < 1.29 is 9.47 Å². The summed E-state index contributed by atoms with van der Waals surface area (Å²) in [5.74, 6) is 6.36. The zero-order valence-corrected chi connectivity index (χ0v) is 13.8. The van der Waals surface area contributed by atoms with Crippen LogP contribution in [0.4, 0.5) is 0 Å². The fraction of sp³-hybridized carbons (Fsp3) is 0.714. The molecule has 2 fully saturated rings. The number of thiophene rings is 1. The standard InChI is InChI=1S/C14H21BrN2O2S/c15-11-7-12(20-9-11)13(17-16)10-1-4-19-14(8-10)2-5-18-6-3-14/h7,9-10,13,17H,1-6,8,16H2. The highest BCUT2D eigenvalue weighted by Gasteiger charge is 2.41. The molecule has 0 aliphatic carbocycles. The van der Waals surface area contributed by atoms with Gasteiger partial charge in [0.1, 0.15) is 0 Å². The van der Waals surface area contributed by atoms with Crippen molar-refractivity contribution in [2.24, 2.45) is 11.8 Å². The minimum atomic E-state index is 0.0186. The molecule has 2 unspecified atom stereocenters. The minimum absolute atomic E-state index is 0.0186. The SMILES string of the molecule is NNC(c1cc(Br)cs1)C1CCOC2(CCOCC2)C1. The molecule has 112 valence electrons. The van der Waals surface area contributed by atoms with Crippen LogP contribution in [0.3, 0.4) is 0 Å². The lowest BCUT2D eigenvalue weighted by atomic mass is 9.77. The van der Waals surface area contributed by atoms with E-state index in [2.05, 4.69) is 32.8 Å². The lowest BCUT2D eigenvalue weighted by molar-refractivity contribution is -0.150. The second-order valence-corrected chi connectivity index (χ2v) is 7.57. The summed E-state index contributed by atoms with van der Waals surface area (Å²) < 4.78 is 12.7. The van der Waals surface area contributed by atoms with Gasteiger partial charge in [-0.05, 0) is 53.6 Å². The Balaban J connectivity index is 1.74. The third-order valence-corrected chi connectivity index (χ3v) is 6.26. The average molecular weight is 361 g/mol. The number of hydrogen-bond donors (Lipinski definition) is 2. The third kappa shape index (κ3) is 3.10. The van der Waals surface area contributed by atoms with Gasteiger partial charge in [0.15, 0.2) is 0 Å². The molecule has 2 aliphatic rings. The summed E-state index contributed by atoms with van der Waals surface area (Å²) in [6, 6.07) is 2.39. The number of halogens is 1. The Morgan fingerprint density at radius 2 is 2.20 bits per heavy atom. The van der Waals surface area contributed by atoms with E-state index in [0.717, 1.165) is 50.0 Å². The Morgan fingerprint density at radius 3 is 2.85 bits per heavy atom. The van der Waals surface area contributed by atoms with Crippen molar-refractivity contribution in [1.82, 2.24) is 5.43 Å². The fourth-order valence-electron chi connectivity index (χ4n) is 3.38. The molecule has 2 atom stereocenters. The summed E-state index contributed by atoms with van der Waals surface area (Å²) in [6.45, 7) is 2.46. The number of nitrogens with two attached hydrogens (primary N) is 1. The van der Waals surface area contributed by atoms with Crippen LogP contribution >= 0.6 is 27.3 Å². The Labute approximate surface area is 132 Å². The molecule has 0 aromatic carbocycles. The maximum Gasteiger partial charge on any atom is 0.0729 e. The van der Waals surface area contributed by atoms with Crippen molar-refractivity contribution in [3.05, 3.63) is 20.8 Å². The van der Waals surface area contributed by atoms with Gasteiger partial charge < -0.3 is 9.47 Å². The van der Waals surface area contributed by atoms with Crippen LogP contribution in [0.2, 0.25) is 0 Å². The molecule has 4 nitrogen and oxygen atoms in total. The zero-order chi connectivity index (χ0) is 14.0. The van der Waals surface area contributed by atoms with Gasteiger partial charge in [-0.15, -0.1) is 11.3 Å². The van der Waals surface area contributed by atoms with Crippen molar-refractivity contribution >= 4 is 27.3 Å². The molecule has 0 amide bonds. The smallest absolute Gasteiger partial charge is 0.0729 e. The first-order valence-electron chi connectivity index (χ1n) is 7.14. The monoisotopic (exact) mass is 360 g/mol. The number of rotatable bonds is 3. The van der Waals surface area contributed by atoms with Gasteiger partial charge in [0.2, 0.25) is 0 Å². The quantitative estimate of drug-likeness (QED) is 0.642. The number of hydrazine groups is 1. The molecule has 20 heavy (non-hydrogen) atoms. The van der Waals surface area contributed by atoms with E-state index < -0.39 is 0 Å². The van der Waals surface area contributed by atoms with Gasteiger partial charge in [0.05, 0.1) is 11.6 Å². The number of hydrogen-bond acceptors (Lipinski definition) is 5. The molecule has 1 aromatic heterocycles. The molecule has 3 rings (SSSR count). The molecule has 2 saturated heterocycles. The van der Waals surface area contributed by atoms with Crippen molar-refractivity contribution in [1.29, 1.82) is 0 Å². The maximum atomic E-state index is 6.12. The number of ether oxygens (including phenoxy) is 2. The Kier molecular flexibility index (Phi) is 4.79. The van der Waals surface area contributed by atoms with Gasteiger partial charge in [-0.1, -0.05) is 0 Å². The molecule has 1 spiro atoms. The highest BCUT2D eigenvalue weighted by atomic mass is 79.9. The third-order valence-electron chi connectivity index (χ3n) is 4.48. The van der Waals surface area contributed by atoms with Crippen LogP contribution in [0, 0.1) is 5.92 Å². The summed E-state index contributed by atoms with van der Waals surface area (Å²) >= 11 is 5.28. The molecule has 0 bridgehead atoms. The fourth-order valence-corrected chi connectivity index (χ4v) is 4.98. The van der Waals surface area contributed by atoms with Gasteiger partial charge in [-0.2, -0.15) is 0 Å². The average Bonchev–Trinajstić information content (AvgIpc) is 2.87. The molecule has 0 saturated carbocycles. The van der Waals surface area contributed by atoms with Gasteiger partial charge in [0.25, 0.3) is 0 Å². The van der Waals surface area contributed by atoms with Crippen LogP contribution in [0.15, 0.2) is 15.9 Å². The second kappa shape index (κ2) is 6.42. The van der Waals surface area contributed by atoms with Gasteiger partial charge in [-0.25, -0.2) is 0 Å². The van der Waals surface area contributed by atoms with E-state index in [-0.39, 0.29) is 11.6 Å². The Morgan fingerprint density at radius 1 is 1.40 bits per heavy atom. The topological polar surface area (TPSA) is 56.5 Å². The van der Waals surface area contributed by atoms with Crippen LogP contribution in [0.25, 0.3) is 0 Å². The van der Waals surface area contributed by atoms with Crippen LogP contribution < -0.4 is 11.3 Å². The Bertz CT molecular complexity index is 443. The van der Waals surface area contributed by atoms with Crippen LogP contribution in [-0.2, 0) is 9.47 Å². The van der Waals surface area contributed by atoms with Crippen molar-refractivity contribution in [2.75, 3.05) is 19.8 Å². The van der Waals surface area contributed by atoms with E-state index in [4.69, 9.17) is 15.3 Å². The van der Waals surface area contributed by atoms with Gasteiger partial charge in [-0.3, -0.25) is 11.3 Å². The Hall–Kier alpha value is 0.0200. The van der Waals surface area contributed by atoms with E-state index in [9.17, 15) is 0 Å². The van der Waals surface area contributed by atoms with Gasteiger partial charge >= 0.3 is 0 Å². The lowest BCUT2D eigenvalue weighted by Gasteiger charge is -2.45. The first-order valence-corrected chi connectivity index (χ1v) is 8.81. The van der Waals surface area contributed by atoms with Crippen molar-refractivity contribution in [3.8, 4) is 0 Å². The highest BCUT2D eigenvalue weighted by Crippen LogP contribution is 2.42. The molecule has 0 radical (unpaired) electrons. The summed E-state index contributed by atoms with van der Waals surface area (Å²) in [4.78, 5) is 1.30. The van der Waals surface area contributed by atoms with E-state index in [0.29, 0.717) is 5.92 Å². The first kappa shape index (κ1) is 14.9. The maximum absolute atomic E-state index is 6.12. The molecule has 3 N–H and O–H groups in total. The molecule has 6 heteroatoms. The normalized spacial score (nSPS) is 27.6. The predicted octanol–water partition coefficient (Wildman–Crippen LogP) is 2.99. The molecular formula is C14H21BrN2O2S. The predicted molar refractivity (Wildman–Crippen MR) is 83.5 cm³/mol. The summed E-state index contributed by atoms with van der Waals surface area (Å²) in [6.07, 6.45) is 4.15. The van der Waals surface area contributed by atoms with Crippen LogP contribution in [0.1, 0.15) is 36.6 Å². The number of nitrogens with one attached hydrogen (secondary N) is 1. The molecule has 3 heterocycles. The van der Waals surface area contributed by atoms with E-state index in [1.54, 1.807) is 11.3 Å². The summed E-state index contributed by atoms with van der Waals surface area (Å²) in [5.41, 5.74) is 3.04. The molecular weight excluding hydrogens is 340 g/mol. The lowest BCUT2D eigenvalue weighted by Crippen LogP contribution is -2.47. The zero-order valence-electron chi connectivity index (χ0n) is 11.4. The highest BCUT2D eigenvalue weighted by molar-refractivity contribution is 9.10. The van der Waals surface area contributed by atoms with Crippen molar-refractivity contribution in [2.45, 2.75) is 37.3 Å². The van der Waals surface area contributed by atoms with Crippen molar-refractivity contribution in [3.63, 3.8) is 0 Å². The second-order valence-electron chi connectivity index (χ2n) is 5.71. The van der Waals surface area contributed by atoms with Gasteiger partial charge in [0, 0.05) is 34.6 Å². The van der Waals surface area contributed by atoms with Crippen LogP contribution in [0.5, 0.6) is 0 Å².